The molecule has 0 aliphatic carbocycles. The van der Waals surface area contributed by atoms with Crippen LogP contribution >= 0.6 is 15.9 Å². The number of methoxy groups -OCH3 is 1. The van der Waals surface area contributed by atoms with E-state index in [1.807, 2.05) is 24.3 Å². The Bertz CT molecular complexity index is 1080. The van der Waals surface area contributed by atoms with E-state index in [2.05, 4.69) is 20.7 Å². The summed E-state index contributed by atoms with van der Waals surface area (Å²) in [5.41, 5.74) is 0.719. The number of rotatable bonds is 5. The van der Waals surface area contributed by atoms with Gasteiger partial charge in [0.15, 0.2) is 5.75 Å². The number of halogens is 1. The Balaban J connectivity index is 1.86. The first kappa shape index (κ1) is 18.4. The first-order chi connectivity index (χ1) is 12.4. The van der Waals surface area contributed by atoms with E-state index in [0.717, 1.165) is 10.8 Å². The monoisotopic (exact) mass is 434 g/mol. The zero-order valence-corrected chi connectivity index (χ0v) is 16.2. The fourth-order valence-electron chi connectivity index (χ4n) is 2.55. The standard InChI is InChI=1S/C19H15BrO5S/c1-24-19(21)15-7-4-5-13(11-15)12-26(22,23)25-17-10-9-14-6-2-3-8-16(14)18(17)20/h2-11H,12H2,1H3. The van der Waals surface area contributed by atoms with Crippen molar-refractivity contribution in [3.8, 4) is 5.75 Å². The Kier molecular flexibility index (Phi) is 5.29. The molecule has 0 atom stereocenters. The lowest BCUT2D eigenvalue weighted by Gasteiger charge is -2.11. The molecule has 3 aromatic carbocycles. The van der Waals surface area contributed by atoms with E-state index in [1.54, 1.807) is 30.3 Å². The minimum absolute atomic E-state index is 0.216. The number of esters is 1. The van der Waals surface area contributed by atoms with E-state index in [4.69, 9.17) is 4.18 Å². The summed E-state index contributed by atoms with van der Waals surface area (Å²) in [4.78, 5) is 11.6. The molecule has 0 spiro atoms. The molecule has 3 aromatic rings. The highest BCUT2D eigenvalue weighted by Crippen LogP contribution is 2.34. The number of carbonyl (C=O) groups excluding carboxylic acids is 1. The van der Waals surface area contributed by atoms with Crippen LogP contribution < -0.4 is 4.18 Å². The smallest absolute Gasteiger partial charge is 0.337 e. The fourth-order valence-corrected chi connectivity index (χ4v) is 4.29. The van der Waals surface area contributed by atoms with E-state index in [-0.39, 0.29) is 17.1 Å². The van der Waals surface area contributed by atoms with Gasteiger partial charge in [-0.3, -0.25) is 0 Å². The SMILES string of the molecule is COC(=O)c1cccc(CS(=O)(=O)Oc2ccc3ccccc3c2Br)c1. The molecule has 0 saturated carbocycles. The maximum atomic E-state index is 12.4. The predicted molar refractivity (Wildman–Crippen MR) is 103 cm³/mol. The molecule has 0 N–H and O–H groups in total. The van der Waals surface area contributed by atoms with E-state index in [1.165, 1.54) is 13.2 Å². The van der Waals surface area contributed by atoms with Gasteiger partial charge in [0.25, 0.3) is 0 Å². The van der Waals surface area contributed by atoms with Gasteiger partial charge in [0.2, 0.25) is 0 Å². The van der Waals surface area contributed by atoms with Crippen molar-refractivity contribution in [2.45, 2.75) is 5.75 Å². The molecule has 0 heterocycles. The van der Waals surface area contributed by atoms with Crippen LogP contribution in [-0.4, -0.2) is 21.5 Å². The van der Waals surface area contributed by atoms with Gasteiger partial charge in [0.05, 0.1) is 17.1 Å². The van der Waals surface area contributed by atoms with Crippen molar-refractivity contribution < 1.29 is 22.1 Å². The number of benzene rings is 3. The molecule has 0 aliphatic heterocycles. The second-order valence-electron chi connectivity index (χ2n) is 5.58. The lowest BCUT2D eigenvalue weighted by atomic mass is 10.1. The van der Waals surface area contributed by atoms with Crippen molar-refractivity contribution in [2.24, 2.45) is 0 Å². The Morgan fingerprint density at radius 3 is 2.58 bits per heavy atom. The zero-order chi connectivity index (χ0) is 18.7. The van der Waals surface area contributed by atoms with E-state index < -0.39 is 16.1 Å². The van der Waals surface area contributed by atoms with Crippen LogP contribution in [0.15, 0.2) is 65.1 Å². The molecule has 0 bridgehead atoms. The van der Waals surface area contributed by atoms with Crippen LogP contribution in [-0.2, 0) is 20.6 Å². The van der Waals surface area contributed by atoms with E-state index in [9.17, 15) is 13.2 Å². The number of fused-ring (bicyclic) bond motifs is 1. The summed E-state index contributed by atoms with van der Waals surface area (Å²) < 4.78 is 35.4. The maximum Gasteiger partial charge on any atom is 0.337 e. The van der Waals surface area contributed by atoms with Gasteiger partial charge in [0.1, 0.15) is 5.75 Å². The average Bonchev–Trinajstić information content (AvgIpc) is 2.63. The van der Waals surface area contributed by atoms with Crippen LogP contribution in [0.4, 0.5) is 0 Å². The van der Waals surface area contributed by atoms with Crippen molar-refractivity contribution in [3.63, 3.8) is 0 Å². The molecule has 0 radical (unpaired) electrons. The first-order valence-electron chi connectivity index (χ1n) is 7.66. The summed E-state index contributed by atoms with van der Waals surface area (Å²) in [7, 11) is -2.64. The quantitative estimate of drug-likeness (QED) is 0.442. The van der Waals surface area contributed by atoms with Crippen LogP contribution in [0.5, 0.6) is 5.75 Å². The highest BCUT2D eigenvalue weighted by atomic mass is 79.9. The van der Waals surface area contributed by atoms with Crippen LogP contribution in [0.1, 0.15) is 15.9 Å². The number of carbonyl (C=O) groups is 1. The molecule has 0 unspecified atom stereocenters. The largest absolute Gasteiger partial charge is 0.465 e. The van der Waals surface area contributed by atoms with Crippen LogP contribution in [0.25, 0.3) is 10.8 Å². The lowest BCUT2D eigenvalue weighted by Crippen LogP contribution is -2.13. The minimum atomic E-state index is -3.91. The summed E-state index contributed by atoms with van der Waals surface area (Å²) in [5, 5.41) is 1.82. The van der Waals surface area contributed by atoms with Crippen LogP contribution in [0, 0.1) is 0 Å². The molecule has 7 heteroatoms. The number of hydrogen-bond acceptors (Lipinski definition) is 5. The molecule has 0 saturated heterocycles. The van der Waals surface area contributed by atoms with Gasteiger partial charge in [0, 0.05) is 0 Å². The van der Waals surface area contributed by atoms with Crippen LogP contribution in [0.2, 0.25) is 0 Å². The van der Waals surface area contributed by atoms with E-state index in [0.29, 0.717) is 10.0 Å². The molecular formula is C19H15BrO5S. The van der Waals surface area contributed by atoms with Gasteiger partial charge in [-0.1, -0.05) is 42.5 Å². The summed E-state index contributed by atoms with van der Waals surface area (Å²) in [6.45, 7) is 0. The normalized spacial score (nSPS) is 11.3. The van der Waals surface area contributed by atoms with Gasteiger partial charge in [-0.25, -0.2) is 4.79 Å². The summed E-state index contributed by atoms with van der Waals surface area (Å²) >= 11 is 3.41. The van der Waals surface area contributed by atoms with Gasteiger partial charge < -0.3 is 8.92 Å². The van der Waals surface area contributed by atoms with Gasteiger partial charge in [-0.05, 0) is 50.5 Å². The molecule has 26 heavy (non-hydrogen) atoms. The van der Waals surface area contributed by atoms with Crippen LogP contribution in [0.3, 0.4) is 0 Å². The van der Waals surface area contributed by atoms with Crippen molar-refractivity contribution >= 4 is 42.8 Å². The topological polar surface area (TPSA) is 69.7 Å². The van der Waals surface area contributed by atoms with Gasteiger partial charge >= 0.3 is 16.1 Å². The predicted octanol–water partition coefficient (Wildman–Crippen LogP) is 4.30. The van der Waals surface area contributed by atoms with Crippen molar-refractivity contribution in [2.75, 3.05) is 7.11 Å². The summed E-state index contributed by atoms with van der Waals surface area (Å²) in [6, 6.07) is 17.2. The summed E-state index contributed by atoms with van der Waals surface area (Å²) in [6.07, 6.45) is 0. The Morgan fingerprint density at radius 2 is 1.81 bits per heavy atom. The third-order valence-electron chi connectivity index (χ3n) is 3.74. The zero-order valence-electron chi connectivity index (χ0n) is 13.8. The van der Waals surface area contributed by atoms with E-state index >= 15 is 0 Å². The molecular weight excluding hydrogens is 420 g/mol. The second kappa shape index (κ2) is 7.47. The number of hydrogen-bond donors (Lipinski definition) is 0. The Labute approximate surface area is 159 Å². The third-order valence-corrected chi connectivity index (χ3v) is 5.67. The Morgan fingerprint density at radius 1 is 1.04 bits per heavy atom. The maximum absolute atomic E-state index is 12.4. The fraction of sp³-hybridized carbons (Fsp3) is 0.105. The minimum Gasteiger partial charge on any atom is -0.465 e. The number of ether oxygens (including phenoxy) is 1. The molecule has 0 aliphatic rings. The second-order valence-corrected chi connectivity index (χ2v) is 7.94. The van der Waals surface area contributed by atoms with Crippen molar-refractivity contribution in [1.82, 2.24) is 0 Å². The lowest BCUT2D eigenvalue weighted by molar-refractivity contribution is 0.0600. The molecule has 0 aromatic heterocycles. The van der Waals surface area contributed by atoms with Crippen molar-refractivity contribution in [1.29, 1.82) is 0 Å². The molecule has 5 nitrogen and oxygen atoms in total. The highest BCUT2D eigenvalue weighted by Gasteiger charge is 2.18. The third kappa shape index (κ3) is 4.05. The molecule has 3 rings (SSSR count). The van der Waals surface area contributed by atoms with Gasteiger partial charge in [-0.15, -0.1) is 0 Å². The summed E-state index contributed by atoms with van der Waals surface area (Å²) in [5.74, 6) is -0.674. The molecule has 134 valence electrons. The van der Waals surface area contributed by atoms with Gasteiger partial charge in [-0.2, -0.15) is 8.42 Å². The molecule has 0 amide bonds. The average molecular weight is 435 g/mol. The molecule has 0 fully saturated rings. The Hall–Kier alpha value is -2.38. The highest BCUT2D eigenvalue weighted by molar-refractivity contribution is 9.10. The first-order valence-corrected chi connectivity index (χ1v) is 10.0. The van der Waals surface area contributed by atoms with Crippen molar-refractivity contribution in [3.05, 3.63) is 76.3 Å².